The Hall–Kier alpha value is -2.18. The summed E-state index contributed by atoms with van der Waals surface area (Å²) in [6.45, 7) is 0. The molecule has 0 spiro atoms. The van der Waals surface area contributed by atoms with Crippen molar-refractivity contribution in [1.82, 2.24) is 0 Å². The maximum absolute atomic E-state index is 11.9. The molecule has 108 valence electrons. The molecule has 0 unspecified atom stereocenters. The zero-order valence-corrected chi connectivity index (χ0v) is 11.5. The van der Waals surface area contributed by atoms with Gasteiger partial charge in [0, 0.05) is 12.1 Å². The molecule has 3 N–H and O–H groups in total. The number of rotatable bonds is 4. The van der Waals surface area contributed by atoms with E-state index >= 15 is 0 Å². The lowest BCUT2D eigenvalue weighted by Crippen LogP contribution is -2.08. The molecule has 7 nitrogen and oxygen atoms in total. The van der Waals surface area contributed by atoms with E-state index in [1.165, 1.54) is 12.1 Å². The zero-order chi connectivity index (χ0) is 15.6. The summed E-state index contributed by atoms with van der Waals surface area (Å²) in [4.78, 5) is 49.4. The molecule has 0 saturated heterocycles. The predicted molar refractivity (Wildman–Crippen MR) is 76.4 cm³/mol. The third-order valence-corrected chi connectivity index (χ3v) is 3.59. The fraction of sp³-hybridized carbons (Fsp3) is 0. The first-order valence-electron chi connectivity index (χ1n) is 5.77. The molecule has 0 aliphatic carbocycles. The van der Waals surface area contributed by atoms with Gasteiger partial charge in [-0.05, 0) is 17.2 Å². The number of hydrogen-bond donors (Lipinski definition) is 3. The first-order valence-corrected chi connectivity index (χ1v) is 7.41. The van der Waals surface area contributed by atoms with Crippen LogP contribution < -0.4 is 0 Å². The molecule has 0 aromatic heterocycles. The SMILES string of the molecule is O=C(c1cc([N+](=O)[O-])ccc1-c1ccccc1)[P+](O)(O)O. The number of nitrogens with zero attached hydrogens (tertiary/aromatic N) is 1. The van der Waals surface area contributed by atoms with Crippen LogP contribution >= 0.6 is 7.94 Å². The molecule has 0 atom stereocenters. The molecule has 0 radical (unpaired) electrons. The molecular weight excluding hydrogens is 297 g/mol. The second-order valence-corrected chi connectivity index (χ2v) is 5.77. The van der Waals surface area contributed by atoms with Crippen molar-refractivity contribution >= 4 is 19.2 Å². The zero-order valence-electron chi connectivity index (χ0n) is 10.6. The van der Waals surface area contributed by atoms with Gasteiger partial charge >= 0.3 is 13.5 Å². The van der Waals surface area contributed by atoms with Gasteiger partial charge in [0.2, 0.25) is 0 Å². The van der Waals surface area contributed by atoms with Gasteiger partial charge in [0.05, 0.1) is 10.5 Å². The molecule has 0 bridgehead atoms. The molecule has 0 fully saturated rings. The highest BCUT2D eigenvalue weighted by Crippen LogP contribution is 2.49. The Kier molecular flexibility index (Phi) is 4.11. The van der Waals surface area contributed by atoms with Crippen LogP contribution in [0.15, 0.2) is 48.5 Å². The molecule has 2 aromatic carbocycles. The number of nitro groups is 1. The molecule has 0 heterocycles. The minimum Gasteiger partial charge on any atom is -0.258 e. The summed E-state index contributed by atoms with van der Waals surface area (Å²) in [5, 5.41) is 10.8. The molecule has 0 saturated carbocycles. The van der Waals surface area contributed by atoms with E-state index < -0.39 is 18.4 Å². The van der Waals surface area contributed by atoms with E-state index in [2.05, 4.69) is 0 Å². The summed E-state index contributed by atoms with van der Waals surface area (Å²) >= 11 is 0. The van der Waals surface area contributed by atoms with Gasteiger partial charge in [-0.2, -0.15) is 14.7 Å². The number of nitro benzene ring substituents is 1. The topological polar surface area (TPSA) is 121 Å². The van der Waals surface area contributed by atoms with Gasteiger partial charge in [0.25, 0.3) is 5.69 Å². The quantitative estimate of drug-likeness (QED) is 0.452. The standard InChI is InChI=1S/C13H11NO6P/c15-13(21(18,19)20)12-8-10(14(16)17)6-7-11(12)9-4-2-1-3-5-9/h1-8,18-20H/q+1. The summed E-state index contributed by atoms with van der Waals surface area (Å²) in [6.07, 6.45) is 0. The monoisotopic (exact) mass is 308 g/mol. The average molecular weight is 308 g/mol. The molecule has 0 aliphatic heterocycles. The van der Waals surface area contributed by atoms with Crippen LogP contribution in [0.25, 0.3) is 11.1 Å². The molecule has 2 rings (SSSR count). The number of benzene rings is 2. The smallest absolute Gasteiger partial charge is 0.258 e. The van der Waals surface area contributed by atoms with Crippen LogP contribution in [0.1, 0.15) is 10.4 Å². The van der Waals surface area contributed by atoms with E-state index in [0.29, 0.717) is 5.56 Å². The van der Waals surface area contributed by atoms with Crippen molar-refractivity contribution in [2.24, 2.45) is 0 Å². The van der Waals surface area contributed by atoms with E-state index in [9.17, 15) is 14.9 Å². The van der Waals surface area contributed by atoms with E-state index in [1.54, 1.807) is 30.3 Å². The van der Waals surface area contributed by atoms with Crippen molar-refractivity contribution in [3.8, 4) is 11.1 Å². The Bertz CT molecular complexity index is 696. The Morgan fingerprint density at radius 3 is 2.19 bits per heavy atom. The average Bonchev–Trinajstić information content (AvgIpc) is 2.45. The Morgan fingerprint density at radius 1 is 1.05 bits per heavy atom. The van der Waals surface area contributed by atoms with Crippen molar-refractivity contribution in [2.75, 3.05) is 0 Å². The molecule has 2 aromatic rings. The Morgan fingerprint density at radius 2 is 1.67 bits per heavy atom. The highest BCUT2D eigenvalue weighted by atomic mass is 31.2. The number of non-ortho nitro benzene ring substituents is 1. The van der Waals surface area contributed by atoms with Crippen LogP contribution in [0, 0.1) is 10.1 Å². The lowest BCUT2D eigenvalue weighted by Gasteiger charge is -2.08. The number of hydrogen-bond acceptors (Lipinski definition) is 6. The van der Waals surface area contributed by atoms with Gasteiger partial charge in [-0.15, -0.1) is 0 Å². The second kappa shape index (κ2) is 5.67. The van der Waals surface area contributed by atoms with Crippen LogP contribution in [0.4, 0.5) is 5.69 Å². The van der Waals surface area contributed by atoms with Gasteiger partial charge in [0.15, 0.2) is 0 Å². The Labute approximate surface area is 119 Å². The van der Waals surface area contributed by atoms with Crippen LogP contribution in [0.3, 0.4) is 0 Å². The van der Waals surface area contributed by atoms with Crippen molar-refractivity contribution in [1.29, 1.82) is 0 Å². The normalized spacial score (nSPS) is 11.2. The highest BCUT2D eigenvalue weighted by Gasteiger charge is 2.45. The lowest BCUT2D eigenvalue weighted by molar-refractivity contribution is -0.384. The number of carbonyl (C=O) groups is 1. The third-order valence-electron chi connectivity index (χ3n) is 2.80. The van der Waals surface area contributed by atoms with E-state index in [4.69, 9.17) is 14.7 Å². The first kappa shape index (κ1) is 15.2. The lowest BCUT2D eigenvalue weighted by atomic mass is 10.00. The molecule has 0 amide bonds. The largest absolute Gasteiger partial charge is 0.483 e. The van der Waals surface area contributed by atoms with Crippen molar-refractivity contribution in [3.63, 3.8) is 0 Å². The Balaban J connectivity index is 2.66. The molecule has 21 heavy (non-hydrogen) atoms. The summed E-state index contributed by atoms with van der Waals surface area (Å²) in [6, 6.07) is 11.9. The van der Waals surface area contributed by atoms with Gasteiger partial charge in [0.1, 0.15) is 0 Å². The summed E-state index contributed by atoms with van der Waals surface area (Å²) in [5.74, 6) is 0. The van der Waals surface area contributed by atoms with E-state index in [-0.39, 0.29) is 16.8 Å². The minimum absolute atomic E-state index is 0.271. The first-order chi connectivity index (χ1) is 9.80. The van der Waals surface area contributed by atoms with Gasteiger partial charge < -0.3 is 0 Å². The van der Waals surface area contributed by atoms with Crippen molar-refractivity contribution < 1.29 is 24.4 Å². The number of carbonyl (C=O) groups excluding carboxylic acids is 1. The summed E-state index contributed by atoms with van der Waals surface area (Å²) in [5.41, 5.74) is -1.19. The van der Waals surface area contributed by atoms with E-state index in [0.717, 1.165) is 6.07 Å². The van der Waals surface area contributed by atoms with Crippen molar-refractivity contribution in [2.45, 2.75) is 0 Å². The van der Waals surface area contributed by atoms with Gasteiger partial charge in [-0.3, -0.25) is 10.1 Å². The van der Waals surface area contributed by atoms with E-state index in [1.807, 2.05) is 0 Å². The summed E-state index contributed by atoms with van der Waals surface area (Å²) in [7, 11) is -4.79. The predicted octanol–water partition coefficient (Wildman–Crippen LogP) is 2.14. The minimum atomic E-state index is -4.79. The van der Waals surface area contributed by atoms with Crippen LogP contribution in [-0.2, 0) is 0 Å². The summed E-state index contributed by atoms with van der Waals surface area (Å²) < 4.78 is 0. The van der Waals surface area contributed by atoms with Gasteiger partial charge in [-0.1, -0.05) is 30.3 Å². The third kappa shape index (κ3) is 3.29. The fourth-order valence-corrected chi connectivity index (χ4v) is 2.36. The maximum Gasteiger partial charge on any atom is 0.483 e. The van der Waals surface area contributed by atoms with Crippen LogP contribution in [0.5, 0.6) is 0 Å². The molecule has 0 aliphatic rings. The van der Waals surface area contributed by atoms with Crippen LogP contribution in [-0.4, -0.2) is 25.1 Å². The molecule has 8 heteroatoms. The van der Waals surface area contributed by atoms with Gasteiger partial charge in [-0.25, -0.2) is 4.79 Å². The van der Waals surface area contributed by atoms with Crippen molar-refractivity contribution in [3.05, 3.63) is 64.2 Å². The van der Waals surface area contributed by atoms with Crippen LogP contribution in [0.2, 0.25) is 0 Å². The fourth-order valence-electron chi connectivity index (χ4n) is 1.85. The molecular formula is C13H11NO6P+. The second-order valence-electron chi connectivity index (χ2n) is 4.23. The highest BCUT2D eigenvalue weighted by molar-refractivity contribution is 7.76. The maximum atomic E-state index is 11.9.